The van der Waals surface area contributed by atoms with Crippen LogP contribution in [0.25, 0.3) is 0 Å². The molecule has 0 aliphatic heterocycles. The molecule has 0 aliphatic carbocycles. The molecule has 1 rings (SSSR count). The van der Waals surface area contributed by atoms with Gasteiger partial charge in [0.1, 0.15) is 0 Å². The molecule has 0 saturated carbocycles. The summed E-state index contributed by atoms with van der Waals surface area (Å²) in [6.45, 7) is 3.88. The lowest BCUT2D eigenvalue weighted by molar-refractivity contribution is 1.41. The molecule has 0 atom stereocenters. The summed E-state index contributed by atoms with van der Waals surface area (Å²) in [6.07, 6.45) is 3.06. The predicted octanol–water partition coefficient (Wildman–Crippen LogP) is 2.71. The molecule has 0 unspecified atom stereocenters. The average Bonchev–Trinajstić information content (AvgIpc) is 2.08. The number of hydrogen-bond acceptors (Lipinski definition) is 2. The first-order valence-corrected chi connectivity index (χ1v) is 3.87. The Labute approximate surface area is 72.5 Å². The van der Waals surface area contributed by atoms with E-state index in [0.717, 1.165) is 16.8 Å². The van der Waals surface area contributed by atoms with Crippen LogP contribution in [0.4, 0.5) is 5.69 Å². The number of aliphatic imine (C=N–C) groups is 1. The Hall–Kier alpha value is -1.44. The second-order valence-corrected chi connectivity index (χ2v) is 2.59. The average molecular weight is 160 g/mol. The largest absolute Gasteiger partial charge is 0.308 e. The summed E-state index contributed by atoms with van der Waals surface area (Å²) in [7, 11) is 0. The van der Waals surface area contributed by atoms with E-state index in [-0.39, 0.29) is 0 Å². The molecule has 0 aliphatic rings. The molecular weight excluding hydrogens is 148 g/mol. The standard InChI is InChI=1S/C10H12N2/c1-3-12-10-5-4-8(2)6-9(10)7-11/h3-7,11H,1-2H3. The van der Waals surface area contributed by atoms with Crippen molar-refractivity contribution in [2.75, 3.05) is 0 Å². The van der Waals surface area contributed by atoms with Gasteiger partial charge >= 0.3 is 0 Å². The summed E-state index contributed by atoms with van der Waals surface area (Å²) in [5.41, 5.74) is 2.88. The molecule has 0 amide bonds. The van der Waals surface area contributed by atoms with Gasteiger partial charge in [0.2, 0.25) is 0 Å². The molecule has 0 spiro atoms. The minimum Gasteiger partial charge on any atom is -0.308 e. The number of aryl methyl sites for hydroxylation is 1. The predicted molar refractivity (Wildman–Crippen MR) is 52.9 cm³/mol. The van der Waals surface area contributed by atoms with E-state index in [1.54, 1.807) is 6.21 Å². The summed E-state index contributed by atoms with van der Waals surface area (Å²) >= 11 is 0. The Kier molecular flexibility index (Phi) is 2.75. The lowest BCUT2D eigenvalue weighted by Crippen LogP contribution is -1.82. The van der Waals surface area contributed by atoms with Gasteiger partial charge in [-0.05, 0) is 26.0 Å². The van der Waals surface area contributed by atoms with Gasteiger partial charge in [-0.2, -0.15) is 0 Å². The molecule has 1 aromatic carbocycles. The molecule has 0 saturated heterocycles. The summed E-state index contributed by atoms with van der Waals surface area (Å²) in [5.74, 6) is 0. The molecule has 0 radical (unpaired) electrons. The maximum Gasteiger partial charge on any atom is 0.0713 e. The molecule has 0 heterocycles. The SMILES string of the molecule is CC=Nc1ccc(C)cc1C=N. The van der Waals surface area contributed by atoms with Crippen molar-refractivity contribution >= 4 is 18.1 Å². The van der Waals surface area contributed by atoms with Gasteiger partial charge in [-0.3, -0.25) is 4.99 Å². The fourth-order valence-corrected chi connectivity index (χ4v) is 1.05. The van der Waals surface area contributed by atoms with Crippen LogP contribution in [0.5, 0.6) is 0 Å². The fraction of sp³-hybridized carbons (Fsp3) is 0.200. The van der Waals surface area contributed by atoms with Crippen LogP contribution in [0.1, 0.15) is 18.1 Å². The minimum absolute atomic E-state index is 0.859. The number of nitrogens with zero attached hydrogens (tertiary/aromatic N) is 1. The molecule has 62 valence electrons. The van der Waals surface area contributed by atoms with E-state index in [2.05, 4.69) is 4.99 Å². The molecule has 2 heteroatoms. The fourth-order valence-electron chi connectivity index (χ4n) is 1.05. The molecular formula is C10H12N2. The monoisotopic (exact) mass is 160 g/mol. The molecule has 0 fully saturated rings. The van der Waals surface area contributed by atoms with Crippen molar-refractivity contribution < 1.29 is 0 Å². The zero-order chi connectivity index (χ0) is 8.97. The molecule has 1 N–H and O–H groups in total. The molecule has 2 nitrogen and oxygen atoms in total. The van der Waals surface area contributed by atoms with E-state index in [1.165, 1.54) is 6.21 Å². The maximum absolute atomic E-state index is 7.16. The Morgan fingerprint density at radius 1 is 1.42 bits per heavy atom. The van der Waals surface area contributed by atoms with E-state index >= 15 is 0 Å². The lowest BCUT2D eigenvalue weighted by atomic mass is 10.1. The first-order valence-electron chi connectivity index (χ1n) is 3.87. The minimum atomic E-state index is 0.859. The first-order chi connectivity index (χ1) is 5.77. The zero-order valence-electron chi connectivity index (χ0n) is 7.33. The quantitative estimate of drug-likeness (QED) is 0.646. The summed E-state index contributed by atoms with van der Waals surface area (Å²) in [4.78, 5) is 4.14. The Morgan fingerprint density at radius 2 is 2.17 bits per heavy atom. The van der Waals surface area contributed by atoms with Gasteiger partial charge in [-0.15, -0.1) is 0 Å². The van der Waals surface area contributed by atoms with Crippen LogP contribution in [0.3, 0.4) is 0 Å². The van der Waals surface area contributed by atoms with E-state index < -0.39 is 0 Å². The van der Waals surface area contributed by atoms with E-state index in [4.69, 9.17) is 5.41 Å². The van der Waals surface area contributed by atoms with Gasteiger partial charge in [0.15, 0.2) is 0 Å². The van der Waals surface area contributed by atoms with Gasteiger partial charge in [-0.25, -0.2) is 0 Å². The van der Waals surface area contributed by atoms with E-state index in [1.807, 2.05) is 32.0 Å². The lowest BCUT2D eigenvalue weighted by Gasteiger charge is -1.99. The zero-order valence-corrected chi connectivity index (χ0v) is 7.33. The van der Waals surface area contributed by atoms with Crippen molar-refractivity contribution in [1.29, 1.82) is 5.41 Å². The van der Waals surface area contributed by atoms with Crippen LogP contribution in [0.15, 0.2) is 23.2 Å². The van der Waals surface area contributed by atoms with E-state index in [0.29, 0.717) is 0 Å². The van der Waals surface area contributed by atoms with Crippen LogP contribution in [-0.2, 0) is 0 Å². The van der Waals surface area contributed by atoms with Gasteiger partial charge in [0.05, 0.1) is 5.69 Å². The Bertz CT molecular complexity index is 314. The van der Waals surface area contributed by atoms with Crippen molar-refractivity contribution in [3.05, 3.63) is 29.3 Å². The number of nitrogens with one attached hydrogen (secondary N) is 1. The van der Waals surface area contributed by atoms with Gasteiger partial charge in [0, 0.05) is 18.0 Å². The third-order valence-electron chi connectivity index (χ3n) is 1.61. The highest BCUT2D eigenvalue weighted by atomic mass is 14.7. The smallest absolute Gasteiger partial charge is 0.0713 e. The Balaban J connectivity index is 3.19. The first kappa shape index (κ1) is 8.65. The second kappa shape index (κ2) is 3.81. The van der Waals surface area contributed by atoms with Crippen molar-refractivity contribution in [3.63, 3.8) is 0 Å². The van der Waals surface area contributed by atoms with Crippen LogP contribution < -0.4 is 0 Å². The highest BCUT2D eigenvalue weighted by Crippen LogP contribution is 2.17. The third-order valence-corrected chi connectivity index (χ3v) is 1.61. The van der Waals surface area contributed by atoms with Gasteiger partial charge in [-0.1, -0.05) is 11.6 Å². The third kappa shape index (κ3) is 1.78. The summed E-state index contributed by atoms with van der Waals surface area (Å²) < 4.78 is 0. The topological polar surface area (TPSA) is 36.2 Å². The normalized spacial score (nSPS) is 10.5. The van der Waals surface area contributed by atoms with Crippen LogP contribution >= 0.6 is 0 Å². The number of benzene rings is 1. The second-order valence-electron chi connectivity index (χ2n) is 2.59. The highest BCUT2D eigenvalue weighted by molar-refractivity contribution is 5.86. The highest BCUT2D eigenvalue weighted by Gasteiger charge is 1.96. The van der Waals surface area contributed by atoms with Crippen LogP contribution in [0, 0.1) is 12.3 Å². The van der Waals surface area contributed by atoms with Crippen molar-refractivity contribution in [2.45, 2.75) is 13.8 Å². The van der Waals surface area contributed by atoms with Crippen molar-refractivity contribution in [2.24, 2.45) is 4.99 Å². The van der Waals surface area contributed by atoms with Gasteiger partial charge < -0.3 is 5.41 Å². The molecule has 12 heavy (non-hydrogen) atoms. The van der Waals surface area contributed by atoms with Gasteiger partial charge in [0.25, 0.3) is 0 Å². The summed E-state index contributed by atoms with van der Waals surface area (Å²) in [6, 6.07) is 5.88. The molecule has 1 aromatic rings. The van der Waals surface area contributed by atoms with E-state index in [9.17, 15) is 0 Å². The van der Waals surface area contributed by atoms with Crippen LogP contribution in [0.2, 0.25) is 0 Å². The Morgan fingerprint density at radius 3 is 2.75 bits per heavy atom. The maximum atomic E-state index is 7.16. The van der Waals surface area contributed by atoms with Crippen LogP contribution in [-0.4, -0.2) is 12.4 Å². The number of hydrogen-bond donors (Lipinski definition) is 1. The van der Waals surface area contributed by atoms with Crippen molar-refractivity contribution in [3.8, 4) is 0 Å². The number of rotatable bonds is 2. The molecule has 0 aromatic heterocycles. The van der Waals surface area contributed by atoms with Crippen molar-refractivity contribution in [1.82, 2.24) is 0 Å². The summed E-state index contributed by atoms with van der Waals surface area (Å²) in [5, 5.41) is 7.16. The molecule has 0 bridgehead atoms.